The van der Waals surface area contributed by atoms with Gasteiger partial charge in [0.05, 0.1) is 12.2 Å². The van der Waals surface area contributed by atoms with Gasteiger partial charge in [-0.15, -0.1) is 0 Å². The number of nitrogens with one attached hydrogen (secondary N) is 2. The third kappa shape index (κ3) is 2.54. The number of hydrogen-bond donors (Lipinski definition) is 2. The molecule has 0 aliphatic rings. The first-order valence-electron chi connectivity index (χ1n) is 4.34. The normalized spacial score (nSPS) is 12.1. The second kappa shape index (κ2) is 3.80. The predicted octanol–water partition coefficient (Wildman–Crippen LogP) is 2.19. The largest absolute Gasteiger partial charge is 0.343 e. The van der Waals surface area contributed by atoms with Crippen molar-refractivity contribution in [2.45, 2.75) is 32.7 Å². The summed E-state index contributed by atoms with van der Waals surface area (Å²) in [6.07, 6.45) is 0. The fraction of sp³-hybridized carbons (Fsp3) is 0.667. The number of imidazole rings is 1. The van der Waals surface area contributed by atoms with Gasteiger partial charge in [-0.3, -0.25) is 0 Å². The van der Waals surface area contributed by atoms with Crippen LogP contribution in [0.3, 0.4) is 0 Å². The zero-order valence-corrected chi connectivity index (χ0v) is 10.1. The Hall–Kier alpha value is -0.350. The first-order chi connectivity index (χ1) is 5.95. The molecule has 0 saturated carbocycles. The molecule has 13 heavy (non-hydrogen) atoms. The molecule has 3 nitrogen and oxygen atoms in total. The summed E-state index contributed by atoms with van der Waals surface area (Å²) in [4.78, 5) is 7.67. The zero-order chi connectivity index (χ0) is 10.1. The smallest absolute Gasteiger partial charge is 0.128 e. The predicted molar refractivity (Wildman–Crippen MR) is 57.8 cm³/mol. The Bertz CT molecular complexity index is 286. The first kappa shape index (κ1) is 10.7. The Morgan fingerprint density at radius 3 is 2.46 bits per heavy atom. The highest BCUT2D eigenvalue weighted by Gasteiger charge is 2.20. The lowest BCUT2D eigenvalue weighted by Crippen LogP contribution is -2.13. The minimum Gasteiger partial charge on any atom is -0.343 e. The van der Waals surface area contributed by atoms with Crippen molar-refractivity contribution in [1.82, 2.24) is 15.3 Å². The lowest BCUT2D eigenvalue weighted by molar-refractivity contribution is 0.567. The average molecular weight is 246 g/mol. The molecule has 0 aromatic carbocycles. The van der Waals surface area contributed by atoms with E-state index in [9.17, 15) is 0 Å². The monoisotopic (exact) mass is 245 g/mol. The van der Waals surface area contributed by atoms with Crippen molar-refractivity contribution < 1.29 is 0 Å². The molecule has 74 valence electrons. The van der Waals surface area contributed by atoms with E-state index in [2.05, 4.69) is 52.0 Å². The fourth-order valence-electron chi connectivity index (χ4n) is 1.15. The second-order valence-electron chi connectivity index (χ2n) is 4.13. The highest BCUT2D eigenvalue weighted by atomic mass is 79.9. The standard InChI is InChI=1S/C9H16BrN3/c1-9(2,3)7-8(10)13-6(12-7)5-11-4/h11H,5H2,1-4H3,(H,12,13). The van der Waals surface area contributed by atoms with Crippen molar-refractivity contribution in [3.8, 4) is 0 Å². The molecular weight excluding hydrogens is 230 g/mol. The van der Waals surface area contributed by atoms with E-state index in [1.165, 1.54) is 0 Å². The van der Waals surface area contributed by atoms with Crippen LogP contribution >= 0.6 is 15.9 Å². The van der Waals surface area contributed by atoms with Crippen molar-refractivity contribution >= 4 is 15.9 Å². The van der Waals surface area contributed by atoms with Gasteiger partial charge in [0.1, 0.15) is 10.4 Å². The van der Waals surface area contributed by atoms with E-state index in [1.54, 1.807) is 0 Å². The number of hydrogen-bond acceptors (Lipinski definition) is 2. The van der Waals surface area contributed by atoms with Crippen LogP contribution in [0.4, 0.5) is 0 Å². The summed E-state index contributed by atoms with van der Waals surface area (Å²) in [5.41, 5.74) is 1.26. The van der Waals surface area contributed by atoms with Gasteiger partial charge in [-0.25, -0.2) is 4.98 Å². The summed E-state index contributed by atoms with van der Waals surface area (Å²) in [5.74, 6) is 0.972. The summed E-state index contributed by atoms with van der Waals surface area (Å²) < 4.78 is 0.922. The third-order valence-corrected chi connectivity index (χ3v) is 2.38. The van der Waals surface area contributed by atoms with Crippen LogP contribution < -0.4 is 5.32 Å². The molecule has 0 fully saturated rings. The maximum absolute atomic E-state index is 4.37. The zero-order valence-electron chi connectivity index (χ0n) is 8.53. The topological polar surface area (TPSA) is 40.7 Å². The molecule has 0 radical (unpaired) electrons. The lowest BCUT2D eigenvalue weighted by Gasteiger charge is -2.16. The molecule has 0 atom stereocenters. The van der Waals surface area contributed by atoms with Crippen molar-refractivity contribution in [2.24, 2.45) is 0 Å². The molecule has 2 N–H and O–H groups in total. The van der Waals surface area contributed by atoms with Crippen molar-refractivity contribution in [1.29, 1.82) is 0 Å². The van der Waals surface area contributed by atoms with E-state index in [-0.39, 0.29) is 5.41 Å². The molecule has 0 aliphatic heterocycles. The van der Waals surface area contributed by atoms with Crippen LogP contribution in [0.5, 0.6) is 0 Å². The van der Waals surface area contributed by atoms with E-state index in [1.807, 2.05) is 7.05 Å². The van der Waals surface area contributed by atoms with Gasteiger partial charge in [-0.1, -0.05) is 20.8 Å². The van der Waals surface area contributed by atoms with E-state index >= 15 is 0 Å². The molecule has 1 aromatic rings. The Morgan fingerprint density at radius 2 is 2.08 bits per heavy atom. The SMILES string of the molecule is CNCc1nc(Br)c(C(C)(C)C)[nH]1. The number of nitrogens with zero attached hydrogens (tertiary/aromatic N) is 1. The van der Waals surface area contributed by atoms with Gasteiger partial charge in [0.25, 0.3) is 0 Å². The molecule has 1 heterocycles. The molecule has 0 bridgehead atoms. The Labute approximate surface area is 87.5 Å². The van der Waals surface area contributed by atoms with Crippen LogP contribution in [0.15, 0.2) is 4.60 Å². The maximum atomic E-state index is 4.37. The van der Waals surface area contributed by atoms with Gasteiger partial charge >= 0.3 is 0 Å². The fourth-order valence-corrected chi connectivity index (χ4v) is 2.05. The van der Waals surface area contributed by atoms with E-state index in [4.69, 9.17) is 0 Å². The van der Waals surface area contributed by atoms with Crippen molar-refractivity contribution in [2.75, 3.05) is 7.05 Å². The summed E-state index contributed by atoms with van der Waals surface area (Å²) in [6, 6.07) is 0. The minimum atomic E-state index is 0.109. The summed E-state index contributed by atoms with van der Waals surface area (Å²) in [6.45, 7) is 7.26. The summed E-state index contributed by atoms with van der Waals surface area (Å²) in [5, 5.41) is 3.06. The Morgan fingerprint density at radius 1 is 1.46 bits per heavy atom. The number of halogens is 1. The molecule has 0 amide bonds. The first-order valence-corrected chi connectivity index (χ1v) is 5.14. The summed E-state index contributed by atoms with van der Waals surface area (Å²) >= 11 is 3.45. The van der Waals surface area contributed by atoms with Crippen molar-refractivity contribution in [3.05, 3.63) is 16.1 Å². The quantitative estimate of drug-likeness (QED) is 0.839. The van der Waals surface area contributed by atoms with Gasteiger partial charge in [0.2, 0.25) is 0 Å². The Balaban J connectivity index is 2.96. The van der Waals surface area contributed by atoms with E-state index in [0.29, 0.717) is 0 Å². The highest BCUT2D eigenvalue weighted by molar-refractivity contribution is 9.10. The van der Waals surface area contributed by atoms with Crippen LogP contribution in [0, 0.1) is 0 Å². The number of H-pyrrole nitrogens is 1. The third-order valence-electron chi connectivity index (χ3n) is 1.80. The van der Waals surface area contributed by atoms with E-state index < -0.39 is 0 Å². The van der Waals surface area contributed by atoms with Crippen molar-refractivity contribution in [3.63, 3.8) is 0 Å². The Kier molecular flexibility index (Phi) is 3.14. The second-order valence-corrected chi connectivity index (χ2v) is 4.88. The number of aromatic amines is 1. The average Bonchev–Trinajstić information content (AvgIpc) is 2.30. The number of aromatic nitrogens is 2. The van der Waals surface area contributed by atoms with Gasteiger partial charge < -0.3 is 10.3 Å². The number of rotatable bonds is 2. The van der Waals surface area contributed by atoms with Gasteiger partial charge in [0.15, 0.2) is 0 Å². The van der Waals surface area contributed by atoms with Gasteiger partial charge in [-0.2, -0.15) is 0 Å². The van der Waals surface area contributed by atoms with Crippen LogP contribution in [0.25, 0.3) is 0 Å². The van der Waals surface area contributed by atoms with Crippen LogP contribution in [0.2, 0.25) is 0 Å². The molecular formula is C9H16BrN3. The molecule has 0 saturated heterocycles. The highest BCUT2D eigenvalue weighted by Crippen LogP contribution is 2.27. The lowest BCUT2D eigenvalue weighted by atomic mass is 9.93. The summed E-state index contributed by atoms with van der Waals surface area (Å²) in [7, 11) is 1.91. The van der Waals surface area contributed by atoms with Crippen LogP contribution in [-0.2, 0) is 12.0 Å². The van der Waals surface area contributed by atoms with Crippen LogP contribution in [0.1, 0.15) is 32.3 Å². The van der Waals surface area contributed by atoms with E-state index in [0.717, 1.165) is 22.7 Å². The molecule has 0 aliphatic carbocycles. The molecule has 0 unspecified atom stereocenters. The van der Waals surface area contributed by atoms with Crippen LogP contribution in [-0.4, -0.2) is 17.0 Å². The molecule has 1 aromatic heterocycles. The molecule has 1 rings (SSSR count). The van der Waals surface area contributed by atoms with Gasteiger partial charge in [0, 0.05) is 5.41 Å². The van der Waals surface area contributed by atoms with Gasteiger partial charge in [-0.05, 0) is 23.0 Å². The molecule has 0 spiro atoms. The minimum absolute atomic E-state index is 0.109. The maximum Gasteiger partial charge on any atom is 0.128 e. The molecule has 4 heteroatoms.